The Morgan fingerprint density at radius 2 is 1.82 bits per heavy atom. The van der Waals surface area contributed by atoms with Crippen LogP contribution in [0, 0.1) is 17.2 Å². The number of pyridine rings is 1. The zero-order valence-corrected chi connectivity index (χ0v) is 15.6. The smallest absolute Gasteiger partial charge is 0.270 e. The lowest BCUT2D eigenvalue weighted by Gasteiger charge is -2.41. The molecule has 0 bridgehead atoms. The van der Waals surface area contributed by atoms with Gasteiger partial charge in [0.25, 0.3) is 5.56 Å². The van der Waals surface area contributed by atoms with E-state index in [0.29, 0.717) is 25.3 Å². The summed E-state index contributed by atoms with van der Waals surface area (Å²) in [7, 11) is 1.67. The zero-order chi connectivity index (χ0) is 19.7. The molecule has 6 nitrogen and oxygen atoms in total. The Hall–Kier alpha value is -3.59. The number of rotatable bonds is 4. The molecule has 0 saturated carbocycles. The fourth-order valence-electron chi connectivity index (χ4n) is 3.67. The van der Waals surface area contributed by atoms with E-state index in [0.717, 1.165) is 16.5 Å². The Kier molecular flexibility index (Phi) is 4.58. The topological polar surface area (TPSA) is 78.1 Å². The third-order valence-corrected chi connectivity index (χ3v) is 5.27. The van der Waals surface area contributed by atoms with Crippen LogP contribution in [-0.2, 0) is 18.4 Å². The minimum atomic E-state index is -0.312. The van der Waals surface area contributed by atoms with Crippen molar-refractivity contribution < 1.29 is 4.79 Å². The molecule has 1 aromatic heterocycles. The maximum Gasteiger partial charge on any atom is 0.270 e. The largest absolute Gasteiger partial charge is 0.368 e. The maximum atomic E-state index is 12.6. The summed E-state index contributed by atoms with van der Waals surface area (Å²) >= 11 is 0. The summed E-state index contributed by atoms with van der Waals surface area (Å²) in [5.74, 6) is -0.162. The van der Waals surface area contributed by atoms with Gasteiger partial charge in [-0.15, -0.1) is 0 Å². The number of hydrogen-bond donors (Lipinski definition) is 1. The zero-order valence-electron chi connectivity index (χ0n) is 15.6. The number of anilines is 1. The molecule has 2 aromatic carbocycles. The number of aryl methyl sites for hydroxylation is 1. The molecular formula is C22H20N4O2. The van der Waals surface area contributed by atoms with E-state index in [9.17, 15) is 14.9 Å². The van der Waals surface area contributed by atoms with E-state index in [-0.39, 0.29) is 22.9 Å². The number of carbonyl (C=O) groups excluding carboxylic acids is 1. The molecule has 4 rings (SSSR count). The number of hydrogen-bond acceptors (Lipinski definition) is 4. The fraction of sp³-hybridized carbons (Fsp3) is 0.227. The average Bonchev–Trinajstić information content (AvgIpc) is 2.70. The third-order valence-electron chi connectivity index (χ3n) is 5.27. The first kappa shape index (κ1) is 17.8. The first-order chi connectivity index (χ1) is 13.6. The average molecular weight is 372 g/mol. The lowest BCUT2D eigenvalue weighted by molar-refractivity contribution is -0.125. The maximum absolute atomic E-state index is 12.6. The monoisotopic (exact) mass is 372 g/mol. The van der Waals surface area contributed by atoms with Crippen molar-refractivity contribution in [3.05, 3.63) is 76.1 Å². The lowest BCUT2D eigenvalue weighted by atomic mass is 9.95. The fourth-order valence-corrected chi connectivity index (χ4v) is 3.67. The van der Waals surface area contributed by atoms with Gasteiger partial charge in [0.15, 0.2) is 0 Å². The molecule has 0 atom stereocenters. The van der Waals surface area contributed by atoms with Gasteiger partial charge in [-0.25, -0.2) is 0 Å². The van der Waals surface area contributed by atoms with Crippen molar-refractivity contribution in [1.29, 1.82) is 5.26 Å². The molecule has 1 amide bonds. The summed E-state index contributed by atoms with van der Waals surface area (Å²) in [4.78, 5) is 27.0. The Morgan fingerprint density at radius 3 is 2.54 bits per heavy atom. The van der Waals surface area contributed by atoms with Gasteiger partial charge in [0.05, 0.1) is 17.1 Å². The van der Waals surface area contributed by atoms with E-state index >= 15 is 0 Å². The number of nitriles is 1. The summed E-state index contributed by atoms with van der Waals surface area (Å²) in [6.07, 6.45) is 0. The number of nitrogens with zero attached hydrogens (tertiary/aromatic N) is 3. The highest BCUT2D eigenvalue weighted by Crippen LogP contribution is 2.33. The van der Waals surface area contributed by atoms with Crippen LogP contribution in [0.5, 0.6) is 0 Å². The Bertz CT molecular complexity index is 1140. The van der Waals surface area contributed by atoms with Crippen LogP contribution >= 0.6 is 0 Å². The van der Waals surface area contributed by atoms with Crippen LogP contribution in [0.25, 0.3) is 10.9 Å². The molecule has 1 aliphatic heterocycles. The molecule has 0 unspecified atom stereocenters. The van der Waals surface area contributed by atoms with E-state index in [1.54, 1.807) is 7.05 Å². The Labute approximate surface area is 162 Å². The van der Waals surface area contributed by atoms with Crippen molar-refractivity contribution >= 4 is 22.5 Å². The highest BCUT2D eigenvalue weighted by Gasteiger charge is 2.35. The molecule has 1 aliphatic rings. The van der Waals surface area contributed by atoms with Crippen molar-refractivity contribution in [2.75, 3.05) is 18.0 Å². The second-order valence-electron chi connectivity index (χ2n) is 7.02. The number of amides is 1. The first-order valence-electron chi connectivity index (χ1n) is 9.18. The summed E-state index contributed by atoms with van der Waals surface area (Å²) in [5, 5.41) is 13.4. The Balaban J connectivity index is 1.54. The second-order valence-corrected chi connectivity index (χ2v) is 7.02. The van der Waals surface area contributed by atoms with Crippen LogP contribution in [0.2, 0.25) is 0 Å². The van der Waals surface area contributed by atoms with Crippen LogP contribution in [-0.4, -0.2) is 23.6 Å². The summed E-state index contributed by atoms with van der Waals surface area (Å²) < 4.78 is 1.50. The molecule has 3 aromatic rings. The molecule has 0 spiro atoms. The normalized spacial score (nSPS) is 13.8. The van der Waals surface area contributed by atoms with E-state index < -0.39 is 0 Å². The van der Waals surface area contributed by atoms with Gasteiger partial charge < -0.3 is 14.8 Å². The quantitative estimate of drug-likeness (QED) is 0.761. The van der Waals surface area contributed by atoms with Crippen LogP contribution in [0.3, 0.4) is 0 Å². The highest BCUT2D eigenvalue weighted by atomic mass is 16.2. The SMILES string of the molecule is Cn1c(=O)c(C#N)c(N2CC(C(=O)NCc3ccccc3)C2)c2ccccc21. The van der Waals surface area contributed by atoms with E-state index in [1.807, 2.05) is 59.5 Å². The number of benzene rings is 2. The molecule has 0 aliphatic carbocycles. The van der Waals surface area contributed by atoms with Crippen molar-refractivity contribution in [1.82, 2.24) is 9.88 Å². The first-order valence-corrected chi connectivity index (χ1v) is 9.18. The van der Waals surface area contributed by atoms with Gasteiger partial charge in [0.1, 0.15) is 11.6 Å². The predicted molar refractivity (Wildman–Crippen MR) is 108 cm³/mol. The van der Waals surface area contributed by atoms with Gasteiger partial charge in [-0.1, -0.05) is 48.5 Å². The molecule has 2 heterocycles. The van der Waals surface area contributed by atoms with Crippen LogP contribution < -0.4 is 15.8 Å². The molecular weight excluding hydrogens is 352 g/mol. The van der Waals surface area contributed by atoms with Crippen molar-refractivity contribution in [3.63, 3.8) is 0 Å². The van der Waals surface area contributed by atoms with E-state index in [1.165, 1.54) is 4.57 Å². The second kappa shape index (κ2) is 7.20. The number of nitrogens with one attached hydrogen (secondary N) is 1. The van der Waals surface area contributed by atoms with Gasteiger partial charge in [0, 0.05) is 32.1 Å². The summed E-state index contributed by atoms with van der Waals surface area (Å²) in [5.41, 5.74) is 2.28. The van der Waals surface area contributed by atoms with Gasteiger partial charge in [-0.2, -0.15) is 5.26 Å². The minimum Gasteiger partial charge on any atom is -0.368 e. The summed E-state index contributed by atoms with van der Waals surface area (Å²) in [6, 6.07) is 19.4. The molecule has 140 valence electrons. The lowest BCUT2D eigenvalue weighted by Crippen LogP contribution is -2.54. The number of fused-ring (bicyclic) bond motifs is 1. The Morgan fingerprint density at radius 1 is 1.14 bits per heavy atom. The third kappa shape index (κ3) is 3.01. The molecule has 0 radical (unpaired) electrons. The number of carbonyl (C=O) groups is 1. The molecule has 6 heteroatoms. The van der Waals surface area contributed by atoms with Gasteiger partial charge in [0.2, 0.25) is 5.91 Å². The van der Waals surface area contributed by atoms with Gasteiger partial charge in [-0.05, 0) is 11.6 Å². The van der Waals surface area contributed by atoms with Crippen molar-refractivity contribution in [2.45, 2.75) is 6.54 Å². The van der Waals surface area contributed by atoms with Crippen LogP contribution in [0.15, 0.2) is 59.4 Å². The molecule has 28 heavy (non-hydrogen) atoms. The standard InChI is InChI=1S/C22H20N4O2/c1-25-19-10-6-5-9-17(19)20(18(11-23)22(25)28)26-13-16(14-26)21(27)24-12-15-7-3-2-4-8-15/h2-10,16H,12-14H2,1H3,(H,24,27). The molecule has 1 N–H and O–H groups in total. The van der Waals surface area contributed by atoms with E-state index in [2.05, 4.69) is 11.4 Å². The number of aromatic nitrogens is 1. The molecule has 1 saturated heterocycles. The highest BCUT2D eigenvalue weighted by molar-refractivity contribution is 5.96. The van der Waals surface area contributed by atoms with E-state index in [4.69, 9.17) is 0 Å². The summed E-state index contributed by atoms with van der Waals surface area (Å²) in [6.45, 7) is 1.48. The van der Waals surface area contributed by atoms with Crippen molar-refractivity contribution in [3.8, 4) is 6.07 Å². The predicted octanol–water partition coefficient (Wildman–Crippen LogP) is 2.16. The van der Waals surface area contributed by atoms with Crippen LogP contribution in [0.1, 0.15) is 11.1 Å². The van der Waals surface area contributed by atoms with Crippen molar-refractivity contribution in [2.24, 2.45) is 13.0 Å². The van der Waals surface area contributed by atoms with Crippen LogP contribution in [0.4, 0.5) is 5.69 Å². The van der Waals surface area contributed by atoms with Gasteiger partial charge >= 0.3 is 0 Å². The molecule has 1 fully saturated rings. The minimum absolute atomic E-state index is 0.00764. The number of para-hydroxylation sites is 1. The van der Waals surface area contributed by atoms with Gasteiger partial charge in [-0.3, -0.25) is 9.59 Å².